The Hall–Kier alpha value is -3.08. The molecule has 1 aromatic heterocycles. The largest absolute Gasteiger partial charge is 0.322 e. The van der Waals surface area contributed by atoms with Crippen LogP contribution in [0.3, 0.4) is 0 Å². The quantitative estimate of drug-likeness (QED) is 0.627. The van der Waals surface area contributed by atoms with Gasteiger partial charge in [0.1, 0.15) is 0 Å². The summed E-state index contributed by atoms with van der Waals surface area (Å²) in [5.41, 5.74) is 6.71. The van der Waals surface area contributed by atoms with Crippen LogP contribution in [-0.4, -0.2) is 22.5 Å². The van der Waals surface area contributed by atoms with Gasteiger partial charge in [0.05, 0.1) is 5.52 Å². The lowest BCUT2D eigenvalue weighted by atomic mass is 10.0. The van der Waals surface area contributed by atoms with Crippen molar-refractivity contribution in [2.24, 2.45) is 0 Å². The van der Waals surface area contributed by atoms with E-state index in [0.717, 1.165) is 50.8 Å². The number of carbonyl (C=O) groups excluding carboxylic acids is 1. The molecule has 0 aliphatic heterocycles. The number of carbonyl (C=O) groups is 1. The van der Waals surface area contributed by atoms with Gasteiger partial charge in [-0.2, -0.15) is 0 Å². The van der Waals surface area contributed by atoms with Crippen LogP contribution in [0.25, 0.3) is 10.9 Å². The number of hydrogen-bond acceptors (Lipinski definition) is 2. The maximum atomic E-state index is 13.0. The van der Waals surface area contributed by atoms with Crippen LogP contribution in [0.15, 0.2) is 41.2 Å². The van der Waals surface area contributed by atoms with E-state index in [0.29, 0.717) is 13.1 Å². The van der Waals surface area contributed by atoms with Gasteiger partial charge < -0.3 is 15.2 Å². The molecule has 0 saturated heterocycles. The first kappa shape index (κ1) is 20.6. The van der Waals surface area contributed by atoms with Crippen LogP contribution in [0.4, 0.5) is 10.5 Å². The van der Waals surface area contributed by atoms with Crippen molar-refractivity contribution in [3.05, 3.63) is 74.6 Å². The molecule has 0 atom stereocenters. The third-order valence-corrected chi connectivity index (χ3v) is 4.99. The molecule has 2 N–H and O–H groups in total. The Labute approximate surface area is 171 Å². The van der Waals surface area contributed by atoms with Gasteiger partial charge in [0.15, 0.2) is 0 Å². The normalized spacial score (nSPS) is 10.9. The number of nitrogens with zero attached hydrogens (tertiary/aromatic N) is 1. The van der Waals surface area contributed by atoms with E-state index in [1.165, 1.54) is 0 Å². The summed E-state index contributed by atoms with van der Waals surface area (Å²) in [4.78, 5) is 30.0. The molecule has 0 fully saturated rings. The Morgan fingerprint density at radius 2 is 1.62 bits per heavy atom. The summed E-state index contributed by atoms with van der Waals surface area (Å²) in [5, 5.41) is 4.00. The molecule has 152 valence electrons. The lowest BCUT2D eigenvalue weighted by Crippen LogP contribution is -2.35. The maximum Gasteiger partial charge on any atom is 0.322 e. The lowest BCUT2D eigenvalue weighted by molar-refractivity contribution is 0.209. The molecule has 5 nitrogen and oxygen atoms in total. The summed E-state index contributed by atoms with van der Waals surface area (Å²) in [6, 6.07) is 11.6. The highest BCUT2D eigenvalue weighted by atomic mass is 16.2. The highest BCUT2D eigenvalue weighted by molar-refractivity contribution is 5.90. The molecule has 0 aliphatic rings. The van der Waals surface area contributed by atoms with E-state index in [4.69, 9.17) is 0 Å². The van der Waals surface area contributed by atoms with Crippen molar-refractivity contribution < 1.29 is 4.79 Å². The van der Waals surface area contributed by atoms with Crippen molar-refractivity contribution in [3.8, 4) is 0 Å². The van der Waals surface area contributed by atoms with Crippen molar-refractivity contribution in [2.75, 3.05) is 11.9 Å². The molecule has 2 aromatic carbocycles. The number of benzene rings is 2. The zero-order valence-electron chi connectivity index (χ0n) is 17.8. The molecule has 0 saturated carbocycles. The van der Waals surface area contributed by atoms with Crippen LogP contribution in [0.1, 0.15) is 41.2 Å². The van der Waals surface area contributed by atoms with E-state index in [-0.39, 0.29) is 11.6 Å². The summed E-state index contributed by atoms with van der Waals surface area (Å²) < 4.78 is 0. The Kier molecular flexibility index (Phi) is 6.06. The first-order valence-corrected chi connectivity index (χ1v) is 10.0. The van der Waals surface area contributed by atoms with E-state index >= 15 is 0 Å². The molecule has 0 radical (unpaired) electrons. The van der Waals surface area contributed by atoms with E-state index in [1.807, 2.05) is 46.8 Å². The van der Waals surface area contributed by atoms with Gasteiger partial charge in [-0.3, -0.25) is 4.79 Å². The predicted octanol–water partition coefficient (Wildman–Crippen LogP) is 5.21. The molecule has 1 heterocycles. The van der Waals surface area contributed by atoms with Gasteiger partial charge >= 0.3 is 6.03 Å². The molecule has 3 rings (SSSR count). The summed E-state index contributed by atoms with van der Waals surface area (Å²) in [7, 11) is 0. The van der Waals surface area contributed by atoms with Crippen molar-refractivity contribution in [3.63, 3.8) is 0 Å². The molecule has 0 unspecified atom stereocenters. The molecular formula is C24H29N3O2. The van der Waals surface area contributed by atoms with E-state index in [9.17, 15) is 9.59 Å². The molecule has 29 heavy (non-hydrogen) atoms. The second-order valence-electron chi connectivity index (χ2n) is 7.89. The van der Waals surface area contributed by atoms with Gasteiger partial charge in [0.25, 0.3) is 0 Å². The van der Waals surface area contributed by atoms with Gasteiger partial charge in [-0.1, -0.05) is 24.6 Å². The minimum Gasteiger partial charge on any atom is -0.322 e. The highest BCUT2D eigenvalue weighted by Gasteiger charge is 2.16. The molecule has 5 heteroatoms. The fraction of sp³-hybridized carbons (Fsp3) is 0.333. The minimum atomic E-state index is -0.158. The standard InChI is InChI=1S/C24H29N3O2/c1-6-7-27(24(29)25-20-10-15(2)8-16(3)11-20)14-19-13-22(28)26-23-18(5)9-17(4)12-21(19)23/h8-13H,6-7,14H2,1-5H3,(H,25,29)(H,26,28). The number of nitrogens with one attached hydrogen (secondary N) is 2. The van der Waals surface area contributed by atoms with Crippen LogP contribution < -0.4 is 10.9 Å². The van der Waals surface area contributed by atoms with E-state index < -0.39 is 0 Å². The Bertz CT molecular complexity index is 1090. The van der Waals surface area contributed by atoms with Gasteiger partial charge in [0.2, 0.25) is 5.56 Å². The first-order valence-electron chi connectivity index (χ1n) is 10.0. The van der Waals surface area contributed by atoms with Crippen molar-refractivity contribution in [1.29, 1.82) is 0 Å². The number of aromatic nitrogens is 1. The molecule has 2 amide bonds. The monoisotopic (exact) mass is 391 g/mol. The summed E-state index contributed by atoms with van der Waals surface area (Å²) >= 11 is 0. The second-order valence-corrected chi connectivity index (χ2v) is 7.89. The molecular weight excluding hydrogens is 362 g/mol. The predicted molar refractivity (Wildman–Crippen MR) is 120 cm³/mol. The van der Waals surface area contributed by atoms with Crippen LogP contribution in [0, 0.1) is 27.7 Å². The summed E-state index contributed by atoms with van der Waals surface area (Å²) in [6.45, 7) is 11.1. The van der Waals surface area contributed by atoms with Gasteiger partial charge in [0, 0.05) is 30.2 Å². The minimum absolute atomic E-state index is 0.148. The molecule has 3 aromatic rings. The zero-order chi connectivity index (χ0) is 21.1. The Morgan fingerprint density at radius 3 is 2.28 bits per heavy atom. The number of pyridine rings is 1. The number of urea groups is 1. The third-order valence-electron chi connectivity index (χ3n) is 4.99. The Morgan fingerprint density at radius 1 is 0.966 bits per heavy atom. The molecule has 0 bridgehead atoms. The number of fused-ring (bicyclic) bond motifs is 1. The van der Waals surface area contributed by atoms with Crippen molar-refractivity contribution in [2.45, 2.75) is 47.6 Å². The highest BCUT2D eigenvalue weighted by Crippen LogP contribution is 2.23. The Balaban J connectivity index is 1.94. The maximum absolute atomic E-state index is 13.0. The van der Waals surface area contributed by atoms with Crippen LogP contribution in [0.5, 0.6) is 0 Å². The topological polar surface area (TPSA) is 65.2 Å². The SMILES string of the molecule is CCCN(Cc1cc(=O)[nH]c2c(C)cc(C)cc12)C(=O)Nc1cc(C)cc(C)c1. The van der Waals surface area contributed by atoms with Crippen LogP contribution in [-0.2, 0) is 6.54 Å². The van der Waals surface area contributed by atoms with Crippen LogP contribution >= 0.6 is 0 Å². The second kappa shape index (κ2) is 8.52. The molecule has 0 aliphatic carbocycles. The fourth-order valence-corrected chi connectivity index (χ4v) is 3.89. The van der Waals surface area contributed by atoms with Gasteiger partial charge in [-0.25, -0.2) is 4.79 Å². The summed E-state index contributed by atoms with van der Waals surface area (Å²) in [6.07, 6.45) is 0.833. The number of aryl methyl sites for hydroxylation is 4. The average Bonchev–Trinajstić information content (AvgIpc) is 2.61. The van der Waals surface area contributed by atoms with E-state index in [2.05, 4.69) is 28.5 Å². The number of rotatable bonds is 5. The summed E-state index contributed by atoms with van der Waals surface area (Å²) in [5.74, 6) is 0. The first-order chi connectivity index (χ1) is 13.8. The number of hydrogen-bond donors (Lipinski definition) is 2. The van der Waals surface area contributed by atoms with Crippen LogP contribution in [0.2, 0.25) is 0 Å². The van der Waals surface area contributed by atoms with E-state index in [1.54, 1.807) is 11.0 Å². The smallest absolute Gasteiger partial charge is 0.322 e. The van der Waals surface area contributed by atoms with Gasteiger partial charge in [-0.15, -0.1) is 0 Å². The van der Waals surface area contributed by atoms with Crippen molar-refractivity contribution in [1.82, 2.24) is 9.88 Å². The van der Waals surface area contributed by atoms with Gasteiger partial charge in [-0.05, 0) is 74.6 Å². The number of anilines is 1. The number of amides is 2. The fourth-order valence-electron chi connectivity index (χ4n) is 3.89. The third kappa shape index (κ3) is 4.86. The lowest BCUT2D eigenvalue weighted by Gasteiger charge is -2.24. The van der Waals surface area contributed by atoms with Crippen molar-refractivity contribution >= 4 is 22.6 Å². The zero-order valence-corrected chi connectivity index (χ0v) is 17.8. The molecule has 0 spiro atoms. The number of aromatic amines is 1. The average molecular weight is 392 g/mol. The number of H-pyrrole nitrogens is 1.